The van der Waals surface area contributed by atoms with Gasteiger partial charge in [0.2, 0.25) is 0 Å². The Morgan fingerprint density at radius 1 is 1.47 bits per heavy atom. The summed E-state index contributed by atoms with van der Waals surface area (Å²) in [5, 5.41) is 3.46. The Balaban J connectivity index is 2.40. The van der Waals surface area contributed by atoms with Gasteiger partial charge in [0.1, 0.15) is 0 Å². The maximum absolute atomic E-state index is 12.2. The van der Waals surface area contributed by atoms with E-state index in [4.69, 9.17) is 0 Å². The lowest BCUT2D eigenvalue weighted by Gasteiger charge is -2.02. The van der Waals surface area contributed by atoms with Crippen LogP contribution in [-0.2, 0) is 12.7 Å². The van der Waals surface area contributed by atoms with Crippen LogP contribution in [0.4, 0.5) is 13.2 Å². The van der Waals surface area contributed by atoms with Crippen LogP contribution in [0.5, 0.6) is 0 Å². The fourth-order valence-electron chi connectivity index (χ4n) is 1.11. The lowest BCUT2D eigenvalue weighted by atomic mass is 10.4. The molecule has 1 rings (SSSR count). The van der Waals surface area contributed by atoms with Crippen molar-refractivity contribution in [3.63, 3.8) is 0 Å². The second-order valence-electron chi connectivity index (χ2n) is 3.01. The van der Waals surface area contributed by atoms with Crippen LogP contribution < -0.4 is 0 Å². The standard InChI is InChI=1S/C9H13F3N2S/c1-2-15-7-3-5-14-6-4-8(13-14)9(10,11)12/h4,6H,2-3,5,7H2,1H3. The summed E-state index contributed by atoms with van der Waals surface area (Å²) in [7, 11) is 0. The highest BCUT2D eigenvalue weighted by atomic mass is 32.2. The Morgan fingerprint density at radius 3 is 2.73 bits per heavy atom. The molecule has 2 nitrogen and oxygen atoms in total. The Kier molecular flexibility index (Phi) is 4.50. The quantitative estimate of drug-likeness (QED) is 0.734. The lowest BCUT2D eigenvalue weighted by Crippen LogP contribution is -2.08. The maximum atomic E-state index is 12.2. The number of alkyl halides is 3. The molecule has 0 aliphatic carbocycles. The zero-order valence-electron chi connectivity index (χ0n) is 8.42. The van der Waals surface area contributed by atoms with Crippen LogP contribution in [0.25, 0.3) is 0 Å². The number of rotatable bonds is 5. The average molecular weight is 238 g/mol. The van der Waals surface area contributed by atoms with Crippen LogP contribution in [0.15, 0.2) is 12.3 Å². The van der Waals surface area contributed by atoms with Crippen LogP contribution in [0.3, 0.4) is 0 Å². The molecule has 0 atom stereocenters. The molecule has 0 fully saturated rings. The molecule has 86 valence electrons. The number of hydrogen-bond donors (Lipinski definition) is 0. The summed E-state index contributed by atoms with van der Waals surface area (Å²) in [5.74, 6) is 1.99. The number of aromatic nitrogens is 2. The van der Waals surface area contributed by atoms with Gasteiger partial charge in [-0.2, -0.15) is 30.0 Å². The van der Waals surface area contributed by atoms with Gasteiger partial charge in [0.25, 0.3) is 0 Å². The van der Waals surface area contributed by atoms with Crippen LogP contribution in [0, 0.1) is 0 Å². The number of thioether (sulfide) groups is 1. The molecule has 1 aromatic rings. The Bertz CT molecular complexity index is 296. The van der Waals surface area contributed by atoms with E-state index in [-0.39, 0.29) is 0 Å². The van der Waals surface area contributed by atoms with Crippen molar-refractivity contribution in [1.29, 1.82) is 0 Å². The van der Waals surface area contributed by atoms with Crippen molar-refractivity contribution in [3.8, 4) is 0 Å². The van der Waals surface area contributed by atoms with Crippen molar-refractivity contribution in [3.05, 3.63) is 18.0 Å². The number of nitrogens with zero attached hydrogens (tertiary/aromatic N) is 2. The van der Waals surface area contributed by atoms with Gasteiger partial charge >= 0.3 is 6.18 Å². The molecule has 0 bridgehead atoms. The van der Waals surface area contributed by atoms with Crippen molar-refractivity contribution in [2.75, 3.05) is 11.5 Å². The van der Waals surface area contributed by atoms with Crippen molar-refractivity contribution >= 4 is 11.8 Å². The van der Waals surface area contributed by atoms with E-state index in [1.54, 1.807) is 11.8 Å². The zero-order valence-corrected chi connectivity index (χ0v) is 9.24. The molecular weight excluding hydrogens is 225 g/mol. The van der Waals surface area contributed by atoms with Crippen molar-refractivity contribution < 1.29 is 13.2 Å². The van der Waals surface area contributed by atoms with Gasteiger partial charge < -0.3 is 0 Å². The minimum Gasteiger partial charge on any atom is -0.272 e. The van der Waals surface area contributed by atoms with Crippen LogP contribution in [-0.4, -0.2) is 21.3 Å². The highest BCUT2D eigenvalue weighted by Crippen LogP contribution is 2.27. The van der Waals surface area contributed by atoms with E-state index >= 15 is 0 Å². The third kappa shape index (κ3) is 4.15. The summed E-state index contributed by atoms with van der Waals surface area (Å²) in [6.07, 6.45) is -2.11. The summed E-state index contributed by atoms with van der Waals surface area (Å²) in [5.41, 5.74) is -0.814. The first-order chi connectivity index (χ1) is 7.04. The average Bonchev–Trinajstić information content (AvgIpc) is 2.60. The monoisotopic (exact) mass is 238 g/mol. The Hall–Kier alpha value is -0.650. The molecule has 0 aliphatic rings. The van der Waals surface area contributed by atoms with E-state index in [9.17, 15) is 13.2 Å². The first-order valence-electron chi connectivity index (χ1n) is 4.72. The van der Waals surface area contributed by atoms with Gasteiger partial charge in [-0.25, -0.2) is 0 Å². The summed E-state index contributed by atoms with van der Waals surface area (Å²) in [6, 6.07) is 1.01. The predicted molar refractivity (Wildman–Crippen MR) is 54.8 cm³/mol. The summed E-state index contributed by atoms with van der Waals surface area (Å²) < 4.78 is 37.8. The predicted octanol–water partition coefficient (Wildman–Crippen LogP) is 3.05. The Morgan fingerprint density at radius 2 is 2.20 bits per heavy atom. The summed E-state index contributed by atoms with van der Waals surface area (Å²) >= 11 is 1.78. The van der Waals surface area contributed by atoms with Gasteiger partial charge in [-0.3, -0.25) is 4.68 Å². The second-order valence-corrected chi connectivity index (χ2v) is 4.41. The summed E-state index contributed by atoms with van der Waals surface area (Å²) in [4.78, 5) is 0. The molecule has 0 saturated carbocycles. The van der Waals surface area contributed by atoms with E-state index in [1.807, 2.05) is 0 Å². The fourth-order valence-corrected chi connectivity index (χ4v) is 1.73. The molecule has 6 heteroatoms. The minimum atomic E-state index is -4.33. The van der Waals surface area contributed by atoms with Crippen LogP contribution in [0.2, 0.25) is 0 Å². The van der Waals surface area contributed by atoms with E-state index < -0.39 is 11.9 Å². The molecule has 1 heterocycles. The largest absolute Gasteiger partial charge is 0.435 e. The number of halogens is 3. The summed E-state index contributed by atoms with van der Waals surface area (Å²) in [6.45, 7) is 2.60. The van der Waals surface area contributed by atoms with E-state index in [0.717, 1.165) is 24.0 Å². The molecule has 0 unspecified atom stereocenters. The molecule has 15 heavy (non-hydrogen) atoms. The lowest BCUT2D eigenvalue weighted by molar-refractivity contribution is -0.141. The first kappa shape index (κ1) is 12.4. The molecule has 0 radical (unpaired) electrons. The molecular formula is C9H13F3N2S. The Labute approximate surface area is 90.8 Å². The highest BCUT2D eigenvalue weighted by Gasteiger charge is 2.33. The minimum absolute atomic E-state index is 0.545. The van der Waals surface area contributed by atoms with Gasteiger partial charge in [-0.1, -0.05) is 6.92 Å². The van der Waals surface area contributed by atoms with Gasteiger partial charge in [-0.15, -0.1) is 0 Å². The van der Waals surface area contributed by atoms with E-state index in [2.05, 4.69) is 12.0 Å². The molecule has 1 aromatic heterocycles. The zero-order chi connectivity index (χ0) is 11.3. The molecule has 0 spiro atoms. The van der Waals surface area contributed by atoms with Gasteiger partial charge in [0.15, 0.2) is 5.69 Å². The number of hydrogen-bond acceptors (Lipinski definition) is 2. The molecule has 0 aromatic carbocycles. The van der Waals surface area contributed by atoms with E-state index in [0.29, 0.717) is 6.54 Å². The SMILES string of the molecule is CCSCCCn1ccc(C(F)(F)F)n1. The second kappa shape index (κ2) is 5.44. The third-order valence-electron chi connectivity index (χ3n) is 1.81. The first-order valence-corrected chi connectivity index (χ1v) is 5.88. The van der Waals surface area contributed by atoms with Crippen LogP contribution >= 0.6 is 11.8 Å². The molecule has 0 N–H and O–H groups in total. The maximum Gasteiger partial charge on any atom is 0.435 e. The van der Waals surface area contributed by atoms with Crippen molar-refractivity contribution in [1.82, 2.24) is 9.78 Å². The van der Waals surface area contributed by atoms with Gasteiger partial charge in [-0.05, 0) is 24.0 Å². The number of aryl methyl sites for hydroxylation is 1. The van der Waals surface area contributed by atoms with E-state index in [1.165, 1.54) is 10.9 Å². The van der Waals surface area contributed by atoms with Gasteiger partial charge in [0, 0.05) is 12.7 Å². The normalized spacial score (nSPS) is 12.0. The van der Waals surface area contributed by atoms with Crippen LogP contribution in [0.1, 0.15) is 19.0 Å². The third-order valence-corrected chi connectivity index (χ3v) is 2.80. The molecule has 0 amide bonds. The molecule has 0 aliphatic heterocycles. The molecule has 0 saturated heterocycles. The van der Waals surface area contributed by atoms with Gasteiger partial charge in [0.05, 0.1) is 0 Å². The smallest absolute Gasteiger partial charge is 0.272 e. The van der Waals surface area contributed by atoms with Crippen molar-refractivity contribution in [2.45, 2.75) is 26.1 Å². The topological polar surface area (TPSA) is 17.8 Å². The highest BCUT2D eigenvalue weighted by molar-refractivity contribution is 7.99. The van der Waals surface area contributed by atoms with Crippen molar-refractivity contribution in [2.24, 2.45) is 0 Å². The fraction of sp³-hybridized carbons (Fsp3) is 0.667.